The maximum atomic E-state index is 12.0. The van der Waals surface area contributed by atoms with Gasteiger partial charge in [-0.1, -0.05) is 27.5 Å². The minimum absolute atomic E-state index is 0.0598. The predicted octanol–water partition coefficient (Wildman–Crippen LogP) is 4.32. The molecule has 3 rings (SSSR count). The monoisotopic (exact) mass is 392 g/mol. The Labute approximate surface area is 144 Å². The lowest BCUT2D eigenvalue weighted by Crippen LogP contribution is -2.16. The van der Waals surface area contributed by atoms with Crippen LogP contribution in [0.5, 0.6) is 5.75 Å². The van der Waals surface area contributed by atoms with Crippen molar-refractivity contribution in [1.82, 2.24) is 5.43 Å². The average molecular weight is 394 g/mol. The van der Waals surface area contributed by atoms with Crippen LogP contribution in [0.25, 0.3) is 11.0 Å². The summed E-state index contributed by atoms with van der Waals surface area (Å²) in [5.41, 5.74) is 3.38. The second kappa shape index (κ2) is 6.44. The number of phenols is 1. The number of phenolic OH excluding ortho intramolecular Hbond substituents is 1. The number of furan rings is 1. The number of nitrogens with zero attached hydrogens (tertiary/aromatic N) is 1. The molecule has 0 saturated heterocycles. The molecule has 0 unspecified atom stereocenters. The minimum Gasteiger partial charge on any atom is -0.507 e. The Morgan fingerprint density at radius 2 is 2.09 bits per heavy atom. The number of hydrazone groups is 1. The highest BCUT2D eigenvalue weighted by atomic mass is 79.9. The van der Waals surface area contributed by atoms with E-state index in [-0.39, 0.29) is 11.5 Å². The number of benzene rings is 2. The van der Waals surface area contributed by atoms with E-state index in [1.54, 1.807) is 36.4 Å². The zero-order chi connectivity index (χ0) is 16.4. The smallest absolute Gasteiger partial charge is 0.307 e. The van der Waals surface area contributed by atoms with Crippen molar-refractivity contribution >= 4 is 50.6 Å². The molecule has 5 nitrogen and oxygen atoms in total. The van der Waals surface area contributed by atoms with Crippen LogP contribution in [0.15, 0.2) is 56.5 Å². The lowest BCUT2D eigenvalue weighted by molar-refractivity contribution is 0.0929. The molecule has 3 aromatic rings. The summed E-state index contributed by atoms with van der Waals surface area (Å²) in [6, 6.07) is 11.6. The van der Waals surface area contributed by atoms with E-state index < -0.39 is 5.91 Å². The van der Waals surface area contributed by atoms with E-state index >= 15 is 0 Å². The summed E-state index contributed by atoms with van der Waals surface area (Å²) >= 11 is 9.19. The molecule has 0 bridgehead atoms. The van der Waals surface area contributed by atoms with Gasteiger partial charge in [-0.05, 0) is 42.5 Å². The van der Waals surface area contributed by atoms with Crippen molar-refractivity contribution in [3.8, 4) is 5.75 Å². The summed E-state index contributed by atoms with van der Waals surface area (Å²) in [7, 11) is 0. The first-order valence-electron chi connectivity index (χ1n) is 6.54. The molecule has 0 fully saturated rings. The summed E-state index contributed by atoms with van der Waals surface area (Å²) in [5, 5.41) is 14.8. The van der Waals surface area contributed by atoms with Crippen molar-refractivity contribution in [2.24, 2.45) is 5.10 Å². The molecule has 0 aliphatic heterocycles. The third-order valence-corrected chi connectivity index (χ3v) is 3.79. The van der Waals surface area contributed by atoms with Crippen LogP contribution in [0, 0.1) is 0 Å². The summed E-state index contributed by atoms with van der Waals surface area (Å²) in [5.74, 6) is -0.314. The van der Waals surface area contributed by atoms with E-state index in [0.29, 0.717) is 16.2 Å². The minimum atomic E-state index is -0.497. The molecule has 2 aromatic carbocycles. The first kappa shape index (κ1) is 15.6. The van der Waals surface area contributed by atoms with Gasteiger partial charge >= 0.3 is 5.91 Å². The number of carbonyl (C=O) groups is 1. The van der Waals surface area contributed by atoms with E-state index in [0.717, 1.165) is 9.86 Å². The zero-order valence-corrected chi connectivity index (χ0v) is 13.9. The highest BCUT2D eigenvalue weighted by Gasteiger charge is 2.11. The summed E-state index contributed by atoms with van der Waals surface area (Å²) in [6.45, 7) is 0. The van der Waals surface area contributed by atoms with Crippen LogP contribution in [0.3, 0.4) is 0 Å². The van der Waals surface area contributed by atoms with Gasteiger partial charge in [0, 0.05) is 20.4 Å². The number of carbonyl (C=O) groups excluding carboxylic acids is 1. The van der Waals surface area contributed by atoms with Gasteiger partial charge < -0.3 is 9.52 Å². The van der Waals surface area contributed by atoms with E-state index in [1.807, 2.05) is 0 Å². The van der Waals surface area contributed by atoms with Crippen molar-refractivity contribution in [1.29, 1.82) is 0 Å². The largest absolute Gasteiger partial charge is 0.507 e. The molecule has 0 spiro atoms. The van der Waals surface area contributed by atoms with Gasteiger partial charge in [0.05, 0.1) is 6.21 Å². The van der Waals surface area contributed by atoms with Gasteiger partial charge in [-0.25, -0.2) is 5.43 Å². The Morgan fingerprint density at radius 1 is 1.26 bits per heavy atom. The Morgan fingerprint density at radius 3 is 2.91 bits per heavy atom. The lowest BCUT2D eigenvalue weighted by atomic mass is 10.2. The first-order chi connectivity index (χ1) is 11.0. The standard InChI is InChI=1S/C16H10BrClN2O3/c17-11-1-3-13(21)10(5-11)8-19-20-16(22)15-7-9-6-12(18)2-4-14(9)23-15/h1-8,21H,(H,20,22)/b19-8+. The first-order valence-corrected chi connectivity index (χ1v) is 7.71. The molecule has 1 amide bonds. The Hall–Kier alpha value is -2.31. The van der Waals surface area contributed by atoms with Gasteiger partial charge in [0.15, 0.2) is 5.76 Å². The third kappa shape index (κ3) is 3.55. The second-order valence-electron chi connectivity index (χ2n) is 4.70. The highest BCUT2D eigenvalue weighted by molar-refractivity contribution is 9.10. The lowest BCUT2D eigenvalue weighted by Gasteiger charge is -1.99. The molecule has 0 aliphatic rings. The summed E-state index contributed by atoms with van der Waals surface area (Å²) < 4.78 is 6.22. The molecular weight excluding hydrogens is 384 g/mol. The summed E-state index contributed by atoms with van der Waals surface area (Å²) in [4.78, 5) is 12.0. The second-order valence-corrected chi connectivity index (χ2v) is 6.05. The molecule has 1 aromatic heterocycles. The molecule has 1 heterocycles. The van der Waals surface area contributed by atoms with E-state index in [2.05, 4.69) is 26.5 Å². The SMILES string of the molecule is O=C(N/N=C/c1cc(Br)ccc1O)c1cc2cc(Cl)ccc2o1. The van der Waals surface area contributed by atoms with E-state index in [4.69, 9.17) is 16.0 Å². The number of amides is 1. The number of rotatable bonds is 3. The van der Waals surface area contributed by atoms with Gasteiger partial charge in [-0.15, -0.1) is 0 Å². The Bertz CT molecular complexity index is 921. The van der Waals surface area contributed by atoms with Gasteiger partial charge in [0.25, 0.3) is 0 Å². The fraction of sp³-hybridized carbons (Fsp3) is 0. The quantitative estimate of drug-likeness (QED) is 0.514. The normalized spacial score (nSPS) is 11.2. The van der Waals surface area contributed by atoms with Crippen LogP contribution in [0.1, 0.15) is 16.1 Å². The van der Waals surface area contributed by atoms with Crippen molar-refractivity contribution < 1.29 is 14.3 Å². The molecule has 23 heavy (non-hydrogen) atoms. The van der Waals surface area contributed by atoms with Crippen LogP contribution in [0.2, 0.25) is 5.02 Å². The number of nitrogens with one attached hydrogen (secondary N) is 1. The van der Waals surface area contributed by atoms with Crippen LogP contribution in [0.4, 0.5) is 0 Å². The fourth-order valence-electron chi connectivity index (χ4n) is 1.97. The fourth-order valence-corrected chi connectivity index (χ4v) is 2.53. The van der Waals surface area contributed by atoms with Gasteiger partial charge in [-0.2, -0.15) is 5.10 Å². The molecule has 0 aliphatic carbocycles. The highest BCUT2D eigenvalue weighted by Crippen LogP contribution is 2.23. The van der Waals surface area contributed by atoms with Crippen molar-refractivity contribution in [2.75, 3.05) is 0 Å². The Kier molecular flexibility index (Phi) is 4.36. The maximum absolute atomic E-state index is 12.0. The topological polar surface area (TPSA) is 74.8 Å². The molecule has 7 heteroatoms. The van der Waals surface area contributed by atoms with Crippen molar-refractivity contribution in [2.45, 2.75) is 0 Å². The number of halogens is 2. The number of aromatic hydroxyl groups is 1. The number of hydrogen-bond acceptors (Lipinski definition) is 4. The van der Waals surface area contributed by atoms with Crippen LogP contribution in [-0.2, 0) is 0 Å². The van der Waals surface area contributed by atoms with E-state index in [9.17, 15) is 9.90 Å². The average Bonchev–Trinajstić information content (AvgIpc) is 2.93. The summed E-state index contributed by atoms with van der Waals surface area (Å²) in [6.07, 6.45) is 1.34. The number of hydrogen-bond donors (Lipinski definition) is 2. The van der Waals surface area contributed by atoms with Gasteiger partial charge in [0.1, 0.15) is 11.3 Å². The molecule has 0 atom stereocenters. The molecule has 116 valence electrons. The molecule has 0 saturated carbocycles. The van der Waals surface area contributed by atoms with Gasteiger partial charge in [-0.3, -0.25) is 4.79 Å². The predicted molar refractivity (Wildman–Crippen MR) is 92.1 cm³/mol. The molecular formula is C16H10BrClN2O3. The van der Waals surface area contributed by atoms with Crippen molar-refractivity contribution in [3.05, 3.63) is 63.3 Å². The zero-order valence-electron chi connectivity index (χ0n) is 11.6. The van der Waals surface area contributed by atoms with Gasteiger partial charge in [0.2, 0.25) is 0 Å². The third-order valence-electron chi connectivity index (χ3n) is 3.06. The van der Waals surface area contributed by atoms with E-state index in [1.165, 1.54) is 12.3 Å². The Balaban J connectivity index is 1.75. The van der Waals surface area contributed by atoms with Crippen LogP contribution in [-0.4, -0.2) is 17.2 Å². The maximum Gasteiger partial charge on any atom is 0.307 e. The van der Waals surface area contributed by atoms with Crippen molar-refractivity contribution in [3.63, 3.8) is 0 Å². The number of fused-ring (bicyclic) bond motifs is 1. The molecule has 0 radical (unpaired) electrons. The molecule has 2 N–H and O–H groups in total. The van der Waals surface area contributed by atoms with Crippen LogP contribution < -0.4 is 5.43 Å². The van der Waals surface area contributed by atoms with Crippen LogP contribution >= 0.6 is 27.5 Å².